The number of para-hydroxylation sites is 2. The van der Waals surface area contributed by atoms with Crippen molar-refractivity contribution in [2.75, 3.05) is 24.1 Å². The van der Waals surface area contributed by atoms with E-state index in [-0.39, 0.29) is 29.4 Å². The van der Waals surface area contributed by atoms with Crippen molar-refractivity contribution < 1.29 is 14.0 Å². The van der Waals surface area contributed by atoms with E-state index in [1.807, 2.05) is 12.1 Å². The number of nitrogens with zero attached hydrogens (tertiary/aromatic N) is 6. The van der Waals surface area contributed by atoms with Crippen LogP contribution in [0.25, 0.3) is 22.1 Å². The van der Waals surface area contributed by atoms with Crippen molar-refractivity contribution >= 4 is 45.8 Å². The number of nitrogens with two attached hydrogens (primary N) is 1. The highest BCUT2D eigenvalue weighted by atomic mass is 16.4. The molecule has 11 nitrogen and oxygen atoms in total. The third-order valence-electron chi connectivity index (χ3n) is 5.82. The Morgan fingerprint density at radius 1 is 1.24 bits per heavy atom. The van der Waals surface area contributed by atoms with Crippen molar-refractivity contribution in [1.82, 2.24) is 29.6 Å². The van der Waals surface area contributed by atoms with Gasteiger partial charge in [0.1, 0.15) is 17.7 Å². The molecular formula is C22H22N8O3. The van der Waals surface area contributed by atoms with E-state index in [2.05, 4.69) is 31.9 Å². The molecule has 3 N–H and O–H groups in total. The van der Waals surface area contributed by atoms with Gasteiger partial charge >= 0.3 is 6.01 Å². The zero-order chi connectivity index (χ0) is 22.9. The lowest BCUT2D eigenvalue weighted by molar-refractivity contribution is -0.127. The molecule has 1 aliphatic rings. The number of carbonyl (C=O) groups excluding carboxylic acids is 2. The highest BCUT2D eigenvalue weighted by molar-refractivity contribution is 6.12. The van der Waals surface area contributed by atoms with Crippen molar-refractivity contribution in [3.05, 3.63) is 48.9 Å². The molecule has 3 aromatic heterocycles. The number of anilines is 2. The van der Waals surface area contributed by atoms with Crippen molar-refractivity contribution in [2.45, 2.75) is 19.4 Å². The van der Waals surface area contributed by atoms with Crippen LogP contribution in [0.4, 0.5) is 11.8 Å². The second-order valence-corrected chi connectivity index (χ2v) is 7.90. The summed E-state index contributed by atoms with van der Waals surface area (Å²) in [5.41, 5.74) is 7.86. The first-order valence-corrected chi connectivity index (χ1v) is 10.6. The molecule has 5 rings (SSSR count). The van der Waals surface area contributed by atoms with E-state index in [1.165, 1.54) is 12.4 Å². The van der Waals surface area contributed by atoms with E-state index in [0.29, 0.717) is 41.8 Å². The third-order valence-corrected chi connectivity index (χ3v) is 5.82. The van der Waals surface area contributed by atoms with Crippen molar-refractivity contribution in [3.8, 4) is 0 Å². The Balaban J connectivity index is 1.40. The number of nitrogens with one attached hydrogen (secondary N) is 1. The molecule has 2 amide bonds. The molecule has 0 atom stereocenters. The summed E-state index contributed by atoms with van der Waals surface area (Å²) in [6.07, 6.45) is 4.31. The number of hydrogen-bond acceptors (Lipinski definition) is 8. The molecule has 1 saturated heterocycles. The van der Waals surface area contributed by atoms with Crippen LogP contribution >= 0.6 is 0 Å². The zero-order valence-electron chi connectivity index (χ0n) is 17.8. The predicted octanol–water partition coefficient (Wildman–Crippen LogP) is 2.23. The van der Waals surface area contributed by atoms with Gasteiger partial charge in [-0.1, -0.05) is 18.7 Å². The number of nitrogen functional groups attached to an aromatic ring is 1. The molecule has 11 heteroatoms. The number of oxazole rings is 1. The summed E-state index contributed by atoms with van der Waals surface area (Å²) >= 11 is 0. The van der Waals surface area contributed by atoms with Crippen molar-refractivity contribution in [3.63, 3.8) is 0 Å². The third kappa shape index (κ3) is 3.88. The maximum absolute atomic E-state index is 13.1. The Labute approximate surface area is 188 Å². The Morgan fingerprint density at radius 2 is 2.03 bits per heavy atom. The lowest BCUT2D eigenvalue weighted by atomic mass is 9.97. The van der Waals surface area contributed by atoms with Gasteiger partial charge in [-0.25, -0.2) is 14.6 Å². The summed E-state index contributed by atoms with van der Waals surface area (Å²) in [6.45, 7) is 5.39. The summed E-state index contributed by atoms with van der Waals surface area (Å²) < 4.78 is 7.27. The topological polar surface area (TPSA) is 145 Å². The summed E-state index contributed by atoms with van der Waals surface area (Å²) in [5, 5.41) is 7.55. The van der Waals surface area contributed by atoms with Gasteiger partial charge in [-0.15, -0.1) is 0 Å². The number of amides is 2. The molecule has 1 fully saturated rings. The molecule has 1 aromatic carbocycles. The fourth-order valence-corrected chi connectivity index (χ4v) is 4.11. The molecule has 4 aromatic rings. The van der Waals surface area contributed by atoms with Crippen LogP contribution in [-0.4, -0.2) is 54.5 Å². The maximum atomic E-state index is 13.1. The largest absolute Gasteiger partial charge is 0.423 e. The van der Waals surface area contributed by atoms with Crippen molar-refractivity contribution in [1.29, 1.82) is 0 Å². The molecular weight excluding hydrogens is 424 g/mol. The van der Waals surface area contributed by atoms with Gasteiger partial charge in [0.2, 0.25) is 5.91 Å². The molecule has 4 heterocycles. The molecule has 0 radical (unpaired) electrons. The summed E-state index contributed by atoms with van der Waals surface area (Å²) in [5.74, 6) is -0.138. The van der Waals surface area contributed by atoms with Crippen LogP contribution in [0.2, 0.25) is 0 Å². The molecule has 0 spiro atoms. The SMILES string of the molecule is C=CC(=O)N1CCC(Cn2nc(C(=O)Nc3nc4ccccc4o3)c3c(N)ncnc32)CC1. The van der Waals surface area contributed by atoms with Gasteiger partial charge < -0.3 is 15.1 Å². The molecule has 0 unspecified atom stereocenters. The number of benzene rings is 1. The normalized spacial score (nSPS) is 14.6. The number of rotatable bonds is 5. The van der Waals surface area contributed by atoms with Crippen LogP contribution in [0.15, 0.2) is 47.7 Å². The Morgan fingerprint density at radius 3 is 2.79 bits per heavy atom. The second kappa shape index (κ2) is 8.34. The number of piperidine rings is 1. The van der Waals surface area contributed by atoms with Gasteiger partial charge in [-0.2, -0.15) is 10.1 Å². The minimum Gasteiger partial charge on any atom is -0.423 e. The number of hydrogen-bond donors (Lipinski definition) is 2. The number of fused-ring (bicyclic) bond motifs is 2. The fourth-order valence-electron chi connectivity index (χ4n) is 4.11. The highest BCUT2D eigenvalue weighted by Gasteiger charge is 2.26. The minimum atomic E-state index is -0.516. The average Bonchev–Trinajstić information content (AvgIpc) is 3.41. The van der Waals surface area contributed by atoms with Crippen LogP contribution in [0.3, 0.4) is 0 Å². The van der Waals surface area contributed by atoms with Gasteiger partial charge in [0.15, 0.2) is 16.9 Å². The summed E-state index contributed by atoms with van der Waals surface area (Å²) in [6, 6.07) is 7.28. The smallest absolute Gasteiger partial charge is 0.302 e. The molecule has 168 valence electrons. The number of aromatic nitrogens is 5. The van der Waals surface area contributed by atoms with Gasteiger partial charge in [-0.05, 0) is 37.0 Å². The monoisotopic (exact) mass is 446 g/mol. The van der Waals surface area contributed by atoms with Gasteiger partial charge in [0, 0.05) is 19.6 Å². The Hall–Kier alpha value is -4.28. The number of carbonyl (C=O) groups is 2. The molecule has 0 saturated carbocycles. The van der Waals surface area contributed by atoms with Crippen LogP contribution in [0, 0.1) is 5.92 Å². The van der Waals surface area contributed by atoms with E-state index in [9.17, 15) is 9.59 Å². The van der Waals surface area contributed by atoms with E-state index in [1.54, 1.807) is 21.7 Å². The zero-order valence-corrected chi connectivity index (χ0v) is 17.8. The van der Waals surface area contributed by atoms with Crippen LogP contribution in [0.5, 0.6) is 0 Å². The quantitative estimate of drug-likeness (QED) is 0.444. The van der Waals surface area contributed by atoms with Gasteiger partial charge in [0.05, 0.1) is 5.39 Å². The molecule has 33 heavy (non-hydrogen) atoms. The second-order valence-electron chi connectivity index (χ2n) is 7.90. The van der Waals surface area contributed by atoms with Crippen molar-refractivity contribution in [2.24, 2.45) is 5.92 Å². The Bertz CT molecular complexity index is 1330. The van der Waals surface area contributed by atoms with Crippen LogP contribution < -0.4 is 11.1 Å². The maximum Gasteiger partial charge on any atom is 0.302 e. The first kappa shape index (κ1) is 20.6. The predicted molar refractivity (Wildman–Crippen MR) is 121 cm³/mol. The van der Waals surface area contributed by atoms with Crippen LogP contribution in [-0.2, 0) is 11.3 Å². The average molecular weight is 446 g/mol. The molecule has 1 aliphatic heterocycles. The van der Waals surface area contributed by atoms with Gasteiger partial charge in [0.25, 0.3) is 5.91 Å². The molecule has 0 aliphatic carbocycles. The Kier molecular flexibility index (Phi) is 5.21. The summed E-state index contributed by atoms with van der Waals surface area (Å²) in [4.78, 5) is 39.3. The minimum absolute atomic E-state index is 0.0587. The van der Waals surface area contributed by atoms with E-state index in [4.69, 9.17) is 10.2 Å². The lowest BCUT2D eigenvalue weighted by Gasteiger charge is -2.31. The fraction of sp³-hybridized carbons (Fsp3) is 0.273. The number of likely N-dealkylation sites (tertiary alicyclic amines) is 1. The first-order valence-electron chi connectivity index (χ1n) is 10.6. The highest BCUT2D eigenvalue weighted by Crippen LogP contribution is 2.26. The van der Waals surface area contributed by atoms with Gasteiger partial charge in [-0.3, -0.25) is 14.9 Å². The van der Waals surface area contributed by atoms with E-state index >= 15 is 0 Å². The summed E-state index contributed by atoms with van der Waals surface area (Å²) in [7, 11) is 0. The van der Waals surface area contributed by atoms with E-state index < -0.39 is 5.91 Å². The standard InChI is InChI=1S/C22H22N8O3/c1-2-16(31)29-9-7-13(8-10-29)11-30-20-17(19(23)24-12-25-20)18(28-30)21(32)27-22-26-14-5-3-4-6-15(14)33-22/h2-6,12-13H,1,7-11H2,(H2,23,24,25)(H,26,27,32). The molecule has 0 bridgehead atoms. The van der Waals surface area contributed by atoms with E-state index in [0.717, 1.165) is 12.8 Å². The first-order chi connectivity index (χ1) is 16.0. The lowest BCUT2D eigenvalue weighted by Crippen LogP contribution is -2.38. The van der Waals surface area contributed by atoms with Crippen LogP contribution in [0.1, 0.15) is 23.3 Å².